The van der Waals surface area contributed by atoms with Gasteiger partial charge >= 0.3 is 0 Å². The fourth-order valence-corrected chi connectivity index (χ4v) is 3.25. The van der Waals surface area contributed by atoms with E-state index in [1.165, 1.54) is 0 Å². The molecule has 1 aliphatic rings. The Morgan fingerprint density at radius 3 is 2.94 bits per heavy atom. The first-order valence-electron chi connectivity index (χ1n) is 5.79. The van der Waals surface area contributed by atoms with Gasteiger partial charge in [-0.2, -0.15) is 11.8 Å². The number of hydrogen-bond acceptors (Lipinski definition) is 3. The first-order valence-corrected chi connectivity index (χ1v) is 6.94. The predicted octanol–water partition coefficient (Wildman–Crippen LogP) is 1.90. The molecule has 1 fully saturated rings. The third-order valence-corrected chi connectivity index (χ3v) is 4.32. The van der Waals surface area contributed by atoms with Gasteiger partial charge in [0, 0.05) is 24.4 Å². The minimum atomic E-state index is 0.0824. The molecule has 4 heteroatoms. The van der Waals surface area contributed by atoms with E-state index < -0.39 is 0 Å². The van der Waals surface area contributed by atoms with E-state index in [1.54, 1.807) is 18.2 Å². The summed E-state index contributed by atoms with van der Waals surface area (Å²) in [7, 11) is 1.86. The van der Waals surface area contributed by atoms with Crippen molar-refractivity contribution in [1.82, 2.24) is 4.90 Å². The van der Waals surface area contributed by atoms with Gasteiger partial charge in [0.2, 0.25) is 5.91 Å². The van der Waals surface area contributed by atoms with Crippen molar-refractivity contribution in [2.75, 3.05) is 18.6 Å². The molecule has 1 unspecified atom stereocenters. The minimum Gasteiger partial charge on any atom is -0.508 e. The third kappa shape index (κ3) is 2.94. The molecule has 0 aromatic heterocycles. The zero-order valence-corrected chi connectivity index (χ0v) is 10.7. The van der Waals surface area contributed by atoms with Crippen LogP contribution in [-0.2, 0) is 11.2 Å². The Morgan fingerprint density at radius 1 is 1.53 bits per heavy atom. The van der Waals surface area contributed by atoms with Crippen molar-refractivity contribution in [3.05, 3.63) is 29.8 Å². The second kappa shape index (κ2) is 5.45. The molecule has 1 saturated heterocycles. The average Bonchev–Trinajstić information content (AvgIpc) is 2.84. The molecule has 1 aromatic rings. The normalized spacial score (nSPS) is 19.2. The van der Waals surface area contributed by atoms with Gasteiger partial charge in [-0.1, -0.05) is 18.2 Å². The maximum Gasteiger partial charge on any atom is 0.227 e. The van der Waals surface area contributed by atoms with E-state index in [-0.39, 0.29) is 18.1 Å². The third-order valence-electron chi connectivity index (χ3n) is 3.18. The summed E-state index contributed by atoms with van der Waals surface area (Å²) in [4.78, 5) is 13.9. The Kier molecular flexibility index (Phi) is 3.94. The molecule has 92 valence electrons. The molecule has 0 bridgehead atoms. The van der Waals surface area contributed by atoms with Crippen LogP contribution in [0.1, 0.15) is 12.0 Å². The van der Waals surface area contributed by atoms with Gasteiger partial charge in [-0.3, -0.25) is 4.79 Å². The van der Waals surface area contributed by atoms with Gasteiger partial charge < -0.3 is 10.0 Å². The summed E-state index contributed by atoms with van der Waals surface area (Å²) in [5, 5.41) is 9.63. The van der Waals surface area contributed by atoms with E-state index in [1.807, 2.05) is 29.8 Å². The molecule has 0 saturated carbocycles. The minimum absolute atomic E-state index is 0.0824. The van der Waals surface area contributed by atoms with Crippen molar-refractivity contribution in [2.45, 2.75) is 18.9 Å². The van der Waals surface area contributed by atoms with E-state index in [2.05, 4.69) is 0 Å². The van der Waals surface area contributed by atoms with Crippen LogP contribution in [0, 0.1) is 0 Å². The van der Waals surface area contributed by atoms with Gasteiger partial charge in [0.15, 0.2) is 0 Å². The van der Waals surface area contributed by atoms with Crippen molar-refractivity contribution in [3.8, 4) is 5.75 Å². The summed E-state index contributed by atoms with van der Waals surface area (Å²) >= 11 is 1.89. The van der Waals surface area contributed by atoms with Crippen molar-refractivity contribution in [1.29, 1.82) is 0 Å². The molecule has 0 aliphatic carbocycles. The summed E-state index contributed by atoms with van der Waals surface area (Å²) in [6.45, 7) is 0. The zero-order valence-electron chi connectivity index (χ0n) is 9.93. The second-order valence-electron chi connectivity index (χ2n) is 4.33. The SMILES string of the molecule is CN(C(=O)Cc1ccccc1O)C1CCSC1. The lowest BCUT2D eigenvalue weighted by atomic mass is 10.1. The molecule has 1 amide bonds. The van der Waals surface area contributed by atoms with Crippen LogP contribution in [0.5, 0.6) is 5.75 Å². The van der Waals surface area contributed by atoms with E-state index in [4.69, 9.17) is 0 Å². The molecular formula is C13H17NO2S. The standard InChI is InChI=1S/C13H17NO2S/c1-14(11-6-7-17-9-11)13(16)8-10-4-2-3-5-12(10)15/h2-5,11,15H,6-9H2,1H3. The number of nitrogens with zero attached hydrogens (tertiary/aromatic N) is 1. The van der Waals surface area contributed by atoms with Crippen LogP contribution in [0.3, 0.4) is 0 Å². The molecule has 1 N–H and O–H groups in total. The summed E-state index contributed by atoms with van der Waals surface area (Å²) in [6.07, 6.45) is 1.36. The number of phenols is 1. The molecule has 17 heavy (non-hydrogen) atoms. The lowest BCUT2D eigenvalue weighted by Crippen LogP contribution is -2.37. The lowest BCUT2D eigenvalue weighted by molar-refractivity contribution is -0.130. The van der Waals surface area contributed by atoms with E-state index >= 15 is 0 Å². The topological polar surface area (TPSA) is 40.5 Å². The summed E-state index contributed by atoms with van der Waals surface area (Å²) in [5.41, 5.74) is 0.704. The highest BCUT2D eigenvalue weighted by Crippen LogP contribution is 2.23. The molecule has 1 aromatic carbocycles. The first kappa shape index (κ1) is 12.3. The largest absolute Gasteiger partial charge is 0.508 e. The predicted molar refractivity (Wildman–Crippen MR) is 70.3 cm³/mol. The number of hydrogen-bond donors (Lipinski definition) is 1. The number of carbonyl (C=O) groups excluding carboxylic acids is 1. The number of phenolic OH excluding ortho intramolecular Hbond substituents is 1. The fourth-order valence-electron chi connectivity index (χ4n) is 1.98. The van der Waals surface area contributed by atoms with E-state index in [9.17, 15) is 9.90 Å². The lowest BCUT2D eigenvalue weighted by Gasteiger charge is -2.23. The van der Waals surface area contributed by atoms with Crippen molar-refractivity contribution in [2.24, 2.45) is 0 Å². The van der Waals surface area contributed by atoms with Crippen LogP contribution < -0.4 is 0 Å². The van der Waals surface area contributed by atoms with Gasteiger partial charge in [0.25, 0.3) is 0 Å². The zero-order chi connectivity index (χ0) is 12.3. The van der Waals surface area contributed by atoms with Gasteiger partial charge in [-0.05, 0) is 18.2 Å². The van der Waals surface area contributed by atoms with Gasteiger partial charge in [0.1, 0.15) is 5.75 Å². The van der Waals surface area contributed by atoms with Crippen LogP contribution in [-0.4, -0.2) is 40.5 Å². The number of carbonyl (C=O) groups is 1. The Hall–Kier alpha value is -1.16. The maximum atomic E-state index is 12.1. The summed E-state index contributed by atoms with van der Waals surface area (Å²) in [5.74, 6) is 2.45. The Balaban J connectivity index is 1.99. The van der Waals surface area contributed by atoms with Gasteiger partial charge in [-0.25, -0.2) is 0 Å². The van der Waals surface area contributed by atoms with Gasteiger partial charge in [0.05, 0.1) is 6.42 Å². The Morgan fingerprint density at radius 2 is 2.29 bits per heavy atom. The molecule has 1 aliphatic heterocycles. The van der Waals surface area contributed by atoms with Crippen LogP contribution in [0.4, 0.5) is 0 Å². The highest BCUT2D eigenvalue weighted by Gasteiger charge is 2.24. The van der Waals surface area contributed by atoms with Crippen molar-refractivity contribution in [3.63, 3.8) is 0 Å². The Bertz CT molecular complexity index is 402. The highest BCUT2D eigenvalue weighted by molar-refractivity contribution is 7.99. The quantitative estimate of drug-likeness (QED) is 0.892. The molecule has 1 heterocycles. The highest BCUT2D eigenvalue weighted by atomic mass is 32.2. The monoisotopic (exact) mass is 251 g/mol. The van der Waals surface area contributed by atoms with Crippen LogP contribution in [0.15, 0.2) is 24.3 Å². The molecule has 3 nitrogen and oxygen atoms in total. The molecule has 2 rings (SSSR count). The number of thioether (sulfide) groups is 1. The molecular weight excluding hydrogens is 234 g/mol. The summed E-state index contributed by atoms with van der Waals surface area (Å²) < 4.78 is 0. The Labute approximate surface area is 106 Å². The maximum absolute atomic E-state index is 12.1. The summed E-state index contributed by atoms with van der Waals surface area (Å²) in [6, 6.07) is 7.38. The number of aromatic hydroxyl groups is 1. The molecule has 0 spiro atoms. The van der Waals surface area contributed by atoms with Crippen molar-refractivity contribution >= 4 is 17.7 Å². The van der Waals surface area contributed by atoms with Crippen LogP contribution in [0.2, 0.25) is 0 Å². The number of benzene rings is 1. The number of amides is 1. The van der Waals surface area contributed by atoms with Crippen molar-refractivity contribution < 1.29 is 9.90 Å². The number of rotatable bonds is 3. The van der Waals surface area contributed by atoms with Crippen LogP contribution in [0.25, 0.3) is 0 Å². The molecule has 1 atom stereocenters. The fraction of sp³-hybridized carbons (Fsp3) is 0.462. The van der Waals surface area contributed by atoms with E-state index in [0.29, 0.717) is 11.6 Å². The molecule has 0 radical (unpaired) electrons. The number of likely N-dealkylation sites (N-methyl/N-ethyl adjacent to an activating group) is 1. The second-order valence-corrected chi connectivity index (χ2v) is 5.48. The first-order chi connectivity index (χ1) is 8.18. The average molecular weight is 251 g/mol. The van der Waals surface area contributed by atoms with Gasteiger partial charge in [-0.15, -0.1) is 0 Å². The number of para-hydroxylation sites is 1. The van der Waals surface area contributed by atoms with Crippen LogP contribution >= 0.6 is 11.8 Å². The van der Waals surface area contributed by atoms with E-state index in [0.717, 1.165) is 17.9 Å². The smallest absolute Gasteiger partial charge is 0.227 e.